The molecule has 1 saturated heterocycles. The summed E-state index contributed by atoms with van der Waals surface area (Å²) >= 11 is 0. The van der Waals surface area contributed by atoms with Crippen molar-refractivity contribution in [1.29, 1.82) is 0 Å². The Morgan fingerprint density at radius 3 is 2.71 bits per heavy atom. The van der Waals surface area contributed by atoms with Gasteiger partial charge in [0.1, 0.15) is 18.0 Å². The largest absolute Gasteiger partial charge is 0.487 e. The Bertz CT molecular complexity index is 1190. The SMILES string of the molecule is O=C(C[C@@H]1C[C@@H]2c3cc(NC(=O)c4cccnc4)ccc3O[C@@H]2[C@H](CO)O1)NCc1ccncc1. The Kier molecular flexibility index (Phi) is 6.69. The second kappa shape index (κ2) is 10.2. The Morgan fingerprint density at radius 1 is 1.09 bits per heavy atom. The normalized spacial score (nSPS) is 22.4. The molecule has 0 spiro atoms. The zero-order valence-electron chi connectivity index (χ0n) is 19.0. The van der Waals surface area contributed by atoms with Gasteiger partial charge < -0.3 is 25.2 Å². The van der Waals surface area contributed by atoms with Gasteiger partial charge in [0.05, 0.1) is 24.7 Å². The van der Waals surface area contributed by atoms with Crippen LogP contribution in [0.25, 0.3) is 0 Å². The molecule has 0 saturated carbocycles. The number of aliphatic hydroxyl groups is 1. The number of rotatable bonds is 7. The van der Waals surface area contributed by atoms with Crippen LogP contribution in [0.2, 0.25) is 0 Å². The number of aliphatic hydroxyl groups excluding tert-OH is 1. The van der Waals surface area contributed by atoms with Crippen LogP contribution in [0.3, 0.4) is 0 Å². The zero-order valence-corrected chi connectivity index (χ0v) is 19.0. The quantitative estimate of drug-likeness (QED) is 0.481. The highest BCUT2D eigenvalue weighted by Gasteiger charge is 2.46. The monoisotopic (exact) mass is 474 g/mol. The summed E-state index contributed by atoms with van der Waals surface area (Å²) in [5.74, 6) is 0.254. The van der Waals surface area contributed by atoms with Gasteiger partial charge >= 0.3 is 0 Å². The standard InChI is InChI=1S/C26H26N4O5/c31-15-23-25-21(11-19(34-23)12-24(32)29-13-16-5-8-27-9-6-16)20-10-18(3-4-22(20)35-25)30-26(33)17-2-1-7-28-14-17/h1-10,14,19,21,23,25,31H,11-13,15H2,(H,29,32)(H,30,33)/t19-,21+,23-,25-/m0/s1. The fraction of sp³-hybridized carbons (Fsp3) is 0.308. The zero-order chi connectivity index (χ0) is 24.2. The third kappa shape index (κ3) is 5.16. The summed E-state index contributed by atoms with van der Waals surface area (Å²) in [7, 11) is 0. The van der Waals surface area contributed by atoms with Gasteiger partial charge in [-0.3, -0.25) is 19.6 Å². The predicted octanol–water partition coefficient (Wildman–Crippen LogP) is 2.43. The molecule has 1 aromatic carbocycles. The summed E-state index contributed by atoms with van der Waals surface area (Å²) in [4.78, 5) is 33.1. The molecule has 2 amide bonds. The molecule has 0 bridgehead atoms. The van der Waals surface area contributed by atoms with Crippen molar-refractivity contribution in [2.24, 2.45) is 0 Å². The highest BCUT2D eigenvalue weighted by Crippen LogP contribution is 2.47. The number of anilines is 1. The molecule has 3 N–H and O–H groups in total. The van der Waals surface area contributed by atoms with Gasteiger partial charge in [0.25, 0.3) is 5.91 Å². The van der Waals surface area contributed by atoms with E-state index in [1.807, 2.05) is 24.3 Å². The number of carbonyl (C=O) groups excluding carboxylic acids is 2. The first-order valence-corrected chi connectivity index (χ1v) is 11.5. The maximum atomic E-state index is 12.6. The van der Waals surface area contributed by atoms with E-state index in [0.29, 0.717) is 30.0 Å². The lowest BCUT2D eigenvalue weighted by atomic mass is 9.84. The number of hydrogen-bond acceptors (Lipinski definition) is 7. The maximum Gasteiger partial charge on any atom is 0.257 e. The summed E-state index contributed by atoms with van der Waals surface area (Å²) in [6, 6.07) is 12.6. The van der Waals surface area contributed by atoms with Crippen LogP contribution in [0.15, 0.2) is 67.3 Å². The average molecular weight is 475 g/mol. The number of aromatic nitrogens is 2. The van der Waals surface area contributed by atoms with E-state index in [2.05, 4.69) is 20.6 Å². The van der Waals surface area contributed by atoms with E-state index in [4.69, 9.17) is 9.47 Å². The Morgan fingerprint density at radius 2 is 1.94 bits per heavy atom. The van der Waals surface area contributed by atoms with Gasteiger partial charge in [-0.15, -0.1) is 0 Å². The van der Waals surface area contributed by atoms with E-state index in [1.54, 1.807) is 36.8 Å². The summed E-state index contributed by atoms with van der Waals surface area (Å²) in [6.45, 7) is 0.199. The minimum Gasteiger partial charge on any atom is -0.487 e. The molecule has 2 aliphatic heterocycles. The van der Waals surface area contributed by atoms with Crippen LogP contribution >= 0.6 is 0 Å². The van der Waals surface area contributed by atoms with E-state index in [0.717, 1.165) is 11.1 Å². The van der Waals surface area contributed by atoms with Crippen LogP contribution in [0.4, 0.5) is 5.69 Å². The molecule has 0 aliphatic carbocycles. The molecular weight excluding hydrogens is 448 g/mol. The number of nitrogens with zero attached hydrogens (tertiary/aromatic N) is 2. The molecule has 0 radical (unpaired) electrons. The molecule has 4 heterocycles. The lowest BCUT2D eigenvalue weighted by Crippen LogP contribution is -2.47. The Hall–Kier alpha value is -3.82. The van der Waals surface area contributed by atoms with Gasteiger partial charge in [0.15, 0.2) is 0 Å². The van der Waals surface area contributed by atoms with Gasteiger partial charge in [0, 0.05) is 48.5 Å². The first kappa shape index (κ1) is 22.9. The second-order valence-electron chi connectivity index (χ2n) is 8.69. The number of fused-ring (bicyclic) bond motifs is 3. The molecule has 180 valence electrons. The lowest BCUT2D eigenvalue weighted by molar-refractivity contribution is -0.142. The Balaban J connectivity index is 1.26. The van der Waals surface area contributed by atoms with Gasteiger partial charge in [-0.2, -0.15) is 0 Å². The van der Waals surface area contributed by atoms with Crippen LogP contribution in [0, 0.1) is 0 Å². The van der Waals surface area contributed by atoms with Gasteiger partial charge in [-0.05, 0) is 54.4 Å². The molecular formula is C26H26N4O5. The van der Waals surface area contributed by atoms with Gasteiger partial charge in [-0.1, -0.05) is 0 Å². The van der Waals surface area contributed by atoms with E-state index in [9.17, 15) is 14.7 Å². The number of ether oxygens (including phenoxy) is 2. The lowest BCUT2D eigenvalue weighted by Gasteiger charge is -2.37. The minimum absolute atomic E-state index is 0.0656. The first-order valence-electron chi connectivity index (χ1n) is 11.5. The number of carbonyl (C=O) groups is 2. The maximum absolute atomic E-state index is 12.6. The number of hydrogen-bond donors (Lipinski definition) is 3. The Labute approximate surface area is 202 Å². The first-order chi connectivity index (χ1) is 17.1. The highest BCUT2D eigenvalue weighted by atomic mass is 16.6. The molecule has 2 aromatic heterocycles. The van der Waals surface area contributed by atoms with Crippen molar-refractivity contribution in [3.05, 3.63) is 83.9 Å². The van der Waals surface area contributed by atoms with Crippen molar-refractivity contribution in [3.63, 3.8) is 0 Å². The number of benzene rings is 1. The van der Waals surface area contributed by atoms with Crippen molar-refractivity contribution in [3.8, 4) is 5.75 Å². The van der Waals surface area contributed by atoms with Crippen LogP contribution < -0.4 is 15.4 Å². The molecule has 3 aromatic rings. The number of amides is 2. The fourth-order valence-corrected chi connectivity index (χ4v) is 4.65. The summed E-state index contributed by atoms with van der Waals surface area (Å²) in [6.07, 6.45) is 5.97. The molecule has 1 fully saturated rings. The summed E-state index contributed by atoms with van der Waals surface area (Å²) < 4.78 is 12.1. The molecule has 9 nitrogen and oxygen atoms in total. The van der Waals surface area contributed by atoms with Crippen molar-refractivity contribution in [1.82, 2.24) is 15.3 Å². The van der Waals surface area contributed by atoms with Crippen molar-refractivity contribution in [2.45, 2.75) is 43.6 Å². The van der Waals surface area contributed by atoms with Gasteiger partial charge in [-0.25, -0.2) is 0 Å². The smallest absolute Gasteiger partial charge is 0.257 e. The third-order valence-corrected chi connectivity index (χ3v) is 6.33. The van der Waals surface area contributed by atoms with Crippen molar-refractivity contribution < 1.29 is 24.2 Å². The summed E-state index contributed by atoms with van der Waals surface area (Å²) in [5.41, 5.74) is 3.00. The van der Waals surface area contributed by atoms with E-state index in [-0.39, 0.29) is 43.0 Å². The van der Waals surface area contributed by atoms with Crippen LogP contribution in [0.5, 0.6) is 5.75 Å². The second-order valence-corrected chi connectivity index (χ2v) is 8.69. The van der Waals surface area contributed by atoms with E-state index >= 15 is 0 Å². The van der Waals surface area contributed by atoms with Crippen LogP contribution in [-0.4, -0.2) is 51.8 Å². The van der Waals surface area contributed by atoms with Crippen molar-refractivity contribution in [2.75, 3.05) is 11.9 Å². The molecule has 5 rings (SSSR count). The molecule has 4 atom stereocenters. The molecule has 0 unspecified atom stereocenters. The average Bonchev–Trinajstić information content (AvgIpc) is 3.26. The van der Waals surface area contributed by atoms with E-state index in [1.165, 1.54) is 6.20 Å². The summed E-state index contributed by atoms with van der Waals surface area (Å²) in [5, 5.41) is 15.8. The van der Waals surface area contributed by atoms with Crippen LogP contribution in [-0.2, 0) is 16.1 Å². The third-order valence-electron chi connectivity index (χ3n) is 6.33. The molecule has 2 aliphatic rings. The highest BCUT2D eigenvalue weighted by molar-refractivity contribution is 6.04. The number of pyridine rings is 2. The predicted molar refractivity (Wildman–Crippen MR) is 127 cm³/mol. The topological polar surface area (TPSA) is 123 Å². The van der Waals surface area contributed by atoms with E-state index < -0.39 is 6.10 Å². The molecule has 35 heavy (non-hydrogen) atoms. The number of nitrogens with one attached hydrogen (secondary N) is 2. The van der Waals surface area contributed by atoms with Crippen LogP contribution in [0.1, 0.15) is 40.2 Å². The van der Waals surface area contributed by atoms with Crippen molar-refractivity contribution >= 4 is 17.5 Å². The molecule has 9 heteroatoms. The fourth-order valence-electron chi connectivity index (χ4n) is 4.65. The van der Waals surface area contributed by atoms with Gasteiger partial charge in [0.2, 0.25) is 5.91 Å². The minimum atomic E-state index is -0.549.